The highest BCUT2D eigenvalue weighted by molar-refractivity contribution is 5.98. The largest absolute Gasteiger partial charge is 0.395 e. The summed E-state index contributed by atoms with van der Waals surface area (Å²) in [5, 5.41) is 108. The number of H-pyrrole nitrogens is 1. The van der Waals surface area contributed by atoms with Gasteiger partial charge in [-0.15, -0.1) is 0 Å². The molecule has 32 N–H and O–H groups in total. The van der Waals surface area contributed by atoms with Gasteiger partial charge in [-0.05, 0) is 101 Å². The molecule has 126 heavy (non-hydrogen) atoms. The number of amides is 11. The molecule has 11 amide bonds. The fourth-order valence-electron chi connectivity index (χ4n) is 14.9. The highest BCUT2D eigenvalue weighted by Crippen LogP contribution is 2.25. The Labute approximate surface area is 739 Å². The van der Waals surface area contributed by atoms with Crippen LogP contribution in [0.15, 0.2) is 70.8 Å². The molecular weight excluding hydrogens is 1630 g/mol. The van der Waals surface area contributed by atoms with Crippen LogP contribution >= 0.6 is 0 Å². The summed E-state index contributed by atoms with van der Waals surface area (Å²) in [6, 6.07) is 4.76. The number of rotatable bonds is 52. The van der Waals surface area contributed by atoms with Crippen molar-refractivity contribution in [2.24, 2.45) is 50.3 Å². The van der Waals surface area contributed by atoms with Gasteiger partial charge in [0.1, 0.15) is 61.2 Å². The van der Waals surface area contributed by atoms with E-state index in [-0.39, 0.29) is 127 Å². The van der Waals surface area contributed by atoms with Gasteiger partial charge in [0.25, 0.3) is 0 Å². The van der Waals surface area contributed by atoms with Gasteiger partial charge >= 0.3 is 0 Å². The second-order valence-corrected chi connectivity index (χ2v) is 32.7. The van der Waals surface area contributed by atoms with E-state index in [0.29, 0.717) is 49.7 Å². The Balaban J connectivity index is 0.000000528. The molecule has 40 nitrogen and oxygen atoms in total. The van der Waals surface area contributed by atoms with Gasteiger partial charge in [-0.25, -0.2) is 0 Å². The van der Waals surface area contributed by atoms with E-state index < -0.39 is 170 Å². The Morgan fingerprint density at radius 1 is 0.563 bits per heavy atom. The summed E-state index contributed by atoms with van der Waals surface area (Å²) in [5.41, 5.74) is 35.2. The molecule has 3 aromatic rings. The van der Waals surface area contributed by atoms with Crippen LogP contribution in [0, 0.1) is 5.92 Å². The van der Waals surface area contributed by atoms with E-state index in [2.05, 4.69) is 85.7 Å². The van der Waals surface area contributed by atoms with Crippen LogP contribution < -0.4 is 98.2 Å². The normalized spacial score (nSPS) is 20.5. The molecule has 0 radical (unpaired) electrons. The van der Waals surface area contributed by atoms with E-state index >= 15 is 0 Å². The third-order valence-corrected chi connectivity index (χ3v) is 22.3. The number of unbranched alkanes of at least 4 members (excludes halogenated alkanes) is 14. The predicted molar refractivity (Wildman–Crippen MR) is 478 cm³/mol. The minimum Gasteiger partial charge on any atom is -0.395 e. The zero-order valence-electron chi connectivity index (χ0n) is 74.0. The Morgan fingerprint density at radius 3 is 1.74 bits per heavy atom. The number of benzene rings is 2. The van der Waals surface area contributed by atoms with Crippen LogP contribution in [0.1, 0.15) is 225 Å². The maximum atomic E-state index is 14.4. The van der Waals surface area contributed by atoms with Crippen molar-refractivity contribution in [1.82, 2.24) is 73.7 Å². The highest BCUT2D eigenvalue weighted by atomic mass is 16.3. The number of nitrogens with two attached hydrogens (primary N) is 6. The number of aliphatic hydroxyl groups excluding tert-OH is 7. The summed E-state index contributed by atoms with van der Waals surface area (Å²) >= 11 is 0. The second kappa shape index (κ2) is 61.6. The molecule has 16 atom stereocenters. The lowest BCUT2D eigenvalue weighted by molar-refractivity contribution is -0.142. The Kier molecular flexibility index (Phi) is 53.1. The van der Waals surface area contributed by atoms with Crippen LogP contribution in [-0.2, 0) is 65.6 Å². The number of hydrogen-bond donors (Lipinski definition) is 26. The number of carbonyl (C=O) groups is 11. The van der Waals surface area contributed by atoms with E-state index in [1.165, 1.54) is 62.7 Å². The molecule has 0 spiro atoms. The number of para-hydroxylation sites is 1. The van der Waals surface area contributed by atoms with Crippen molar-refractivity contribution in [2.75, 3.05) is 53.0 Å². The van der Waals surface area contributed by atoms with Gasteiger partial charge < -0.3 is 123 Å². The van der Waals surface area contributed by atoms with Crippen molar-refractivity contribution < 1.29 is 88.5 Å². The molecule has 710 valence electrons. The maximum Gasteiger partial charge on any atom is 0.245 e. The Morgan fingerprint density at radius 2 is 1.12 bits per heavy atom. The molecule has 0 bridgehead atoms. The lowest BCUT2D eigenvalue weighted by Crippen LogP contribution is -2.63. The zero-order valence-corrected chi connectivity index (χ0v) is 74.0. The number of nitrogens with one attached hydrogen (secondary N) is 13. The van der Waals surface area contributed by atoms with Crippen molar-refractivity contribution in [3.63, 3.8) is 0 Å². The minimum atomic E-state index is -1.65. The van der Waals surface area contributed by atoms with E-state index in [0.717, 1.165) is 43.0 Å². The molecule has 0 saturated carbocycles. The molecule has 2 aromatic carbocycles. The number of carbonyl (C=O) groups excluding carboxylic acids is 11. The molecule has 2 aliphatic heterocycles. The van der Waals surface area contributed by atoms with Crippen molar-refractivity contribution >= 4 is 87.8 Å². The van der Waals surface area contributed by atoms with Gasteiger partial charge in [0.2, 0.25) is 65.0 Å². The molecule has 5 rings (SSSR count). The summed E-state index contributed by atoms with van der Waals surface area (Å²) in [7, 11) is 1.56. The van der Waals surface area contributed by atoms with Gasteiger partial charge in [-0.1, -0.05) is 159 Å². The molecule has 2 aliphatic rings. The topological polar surface area (TPSA) is 674 Å². The predicted octanol–water partition coefficient (Wildman–Crippen LogP) is -2.09. The van der Waals surface area contributed by atoms with Crippen molar-refractivity contribution in [1.29, 1.82) is 0 Å². The summed E-state index contributed by atoms with van der Waals surface area (Å²) in [5.74, 6) is -7.99. The van der Waals surface area contributed by atoms with Gasteiger partial charge in [0, 0.05) is 99.8 Å². The Hall–Kier alpha value is -9.75. The van der Waals surface area contributed by atoms with Gasteiger partial charge in [0.05, 0.1) is 37.9 Å². The summed E-state index contributed by atoms with van der Waals surface area (Å²) in [4.78, 5) is 159. The number of likely N-dealkylation sites (N-methyl/N-ethyl adjacent to an activating group) is 1. The summed E-state index contributed by atoms with van der Waals surface area (Å²) < 4.78 is 0. The number of aliphatic hydroxyl groups is 7. The van der Waals surface area contributed by atoms with E-state index in [4.69, 9.17) is 34.4 Å². The second-order valence-electron chi connectivity index (χ2n) is 32.7. The van der Waals surface area contributed by atoms with E-state index in [1.54, 1.807) is 50.5 Å². The fraction of sp³-hybridized carbons (Fsp3) is 0.686. The quantitative estimate of drug-likeness (QED) is 0.0125. The monoisotopic (exact) mass is 1780 g/mol. The maximum absolute atomic E-state index is 14.4. The molecule has 0 unspecified atom stereocenters. The standard InChI is InChI=1S/C43H89N11O10.C43H59N11O8/c1-4-6-8-9-10-11-12-13-14-15-16-17-18-23-36(58)49-27-37(59)50-33(28-55)41(63)53-32(24-25-35(44)57)40(62)52-31(22-19-20-26-48-43(45)46)39(61)54-34(29-56)42(64)51-30(21-7-5-2)38(60)47-3;1-25-16-17-36(56)47-18-8-7-14-31(37(44)57)50-40(60)34(21-27-23-49-30-13-6-5-12-29(27)30)52-38(58)32(15-9-19-48-43(45)46)51-39(59)33(20-26-10-3-2-4-11-26)53-41(61)35-22-28(55)24-54(35)42(25)62/h30-34,38-40,42,47,51-52,54-56,60-62,64H,4-29H2,1-3H3,(H2,44,57)(H,49,58)(H,50,59)(H,53,63)(H4,45,46,48);2-6,10-13,23,25,28,31-35,49,55H,7-9,14-22,24H2,1H3,(H2,44,57)(H,47,56)(H,50,60)(H,51,59)(H,52,58)(H,53,61)(H4,45,46,48)/t30-,31-,32-,33-,34-,38-,39-,40-,42-;25-,28+,31-,32-,33+,34-,35-/m00/s1. The lowest BCUT2D eigenvalue weighted by Gasteiger charge is -2.35. The molecule has 0 aliphatic carbocycles. The lowest BCUT2D eigenvalue weighted by atomic mass is 10.0. The zero-order chi connectivity index (χ0) is 92.9. The van der Waals surface area contributed by atoms with Crippen molar-refractivity contribution in [2.45, 2.75) is 318 Å². The highest BCUT2D eigenvalue weighted by Gasteiger charge is 2.43. The first kappa shape index (κ1) is 109. The minimum absolute atomic E-state index is 0.00438. The average molecular weight is 1780 g/mol. The molecular formula is C86H148N22O18. The Bertz CT molecular complexity index is 3800. The van der Waals surface area contributed by atoms with E-state index in [9.17, 15) is 88.5 Å². The molecule has 3 heterocycles. The van der Waals surface area contributed by atoms with Crippen LogP contribution in [-0.4, -0.2) is 267 Å². The van der Waals surface area contributed by atoms with Crippen LogP contribution in [0.5, 0.6) is 0 Å². The third kappa shape index (κ3) is 42.7. The van der Waals surface area contributed by atoms with Crippen LogP contribution in [0.4, 0.5) is 0 Å². The van der Waals surface area contributed by atoms with Crippen LogP contribution in [0.25, 0.3) is 10.9 Å². The van der Waals surface area contributed by atoms with Gasteiger partial charge in [0.15, 0.2) is 11.9 Å². The summed E-state index contributed by atoms with van der Waals surface area (Å²) in [6.07, 6.45) is 14.6. The van der Waals surface area contributed by atoms with Gasteiger partial charge in [-0.3, -0.25) is 84.0 Å². The number of aromatic amines is 1. The number of aliphatic imine (C=N–C) groups is 2. The number of nitrogens with zero attached hydrogens (tertiary/aromatic N) is 3. The average Bonchev–Trinajstić information content (AvgIpc) is 1.63. The number of guanidine groups is 2. The third-order valence-electron chi connectivity index (χ3n) is 22.3. The smallest absolute Gasteiger partial charge is 0.245 e. The number of primary amides is 2. The fourth-order valence-corrected chi connectivity index (χ4v) is 14.9. The number of fused-ring (bicyclic) bond motifs is 2. The van der Waals surface area contributed by atoms with Gasteiger partial charge in [-0.2, -0.15) is 0 Å². The molecule has 1 aromatic heterocycles. The van der Waals surface area contributed by atoms with Crippen molar-refractivity contribution in [3.05, 3.63) is 71.9 Å². The van der Waals surface area contributed by atoms with E-state index in [1.807, 2.05) is 31.2 Å². The van der Waals surface area contributed by atoms with Crippen LogP contribution in [0.3, 0.4) is 0 Å². The molecule has 2 saturated heterocycles. The van der Waals surface area contributed by atoms with Crippen molar-refractivity contribution in [3.8, 4) is 0 Å². The first-order valence-electron chi connectivity index (χ1n) is 44.8. The summed E-state index contributed by atoms with van der Waals surface area (Å²) in [6.45, 7) is 4.47. The number of hydrogen-bond acceptors (Lipinski definition) is 24. The molecule has 40 heteroatoms. The van der Waals surface area contributed by atoms with Crippen LogP contribution in [0.2, 0.25) is 0 Å². The number of aromatic nitrogens is 1. The SMILES string of the molecule is CCCCCCCCCCCCCCCC(=O)NCC(=O)N[C@@H](CO)C(=O)N[C@@H](CCC(N)=O)[C@H](O)N[C@@H](CCCCN=C(N)N)[C@H](O)N[C@@H](CO)[C@H](O)N[C@@H](CCCC)[C@H](O)NC.C[C@H]1CCC(=O)NCCCC[C@@H](C(N)=O)NC(=O)[C@H](Cc2c[nH]c3ccccc23)NC(=O)[C@H](CCCN=C(N)N)NC(=O)[C@@H](Cc2ccccc2)NC(=O)[C@@H]2C[C@@H](O)CN2C1=O. The molecule has 2 fully saturated rings. The first-order chi connectivity index (χ1) is 60.3. The first-order valence-corrected chi connectivity index (χ1v) is 44.8.